The second-order valence-corrected chi connectivity index (χ2v) is 5.17. The van der Waals surface area contributed by atoms with Crippen LogP contribution in [0.2, 0.25) is 0 Å². The Kier molecular flexibility index (Phi) is 2.39. The summed E-state index contributed by atoms with van der Waals surface area (Å²) in [5, 5.41) is 0. The fraction of sp³-hybridized carbons (Fsp3) is 1.00. The first-order valence-electron chi connectivity index (χ1n) is 5.93. The number of nitrogens with zero attached hydrogens (tertiary/aromatic N) is 1. The molecule has 2 bridgehead atoms. The maximum Gasteiger partial charge on any atom is 0.0101 e. The number of hydrogen-bond acceptors (Lipinski definition) is 1. The molecule has 2 atom stereocenters. The van der Waals surface area contributed by atoms with Crippen LogP contribution >= 0.6 is 0 Å². The maximum atomic E-state index is 2.64. The Bertz CT molecular complexity index is 168. The van der Waals surface area contributed by atoms with Crippen LogP contribution < -0.4 is 0 Å². The van der Waals surface area contributed by atoms with E-state index < -0.39 is 0 Å². The van der Waals surface area contributed by atoms with Gasteiger partial charge >= 0.3 is 0 Å². The number of piperidine rings is 1. The summed E-state index contributed by atoms with van der Waals surface area (Å²) in [5.41, 5.74) is 0.707. The summed E-state index contributed by atoms with van der Waals surface area (Å²) in [4.78, 5) is 2.64. The van der Waals surface area contributed by atoms with Crippen molar-refractivity contribution < 1.29 is 0 Å². The maximum absolute atomic E-state index is 2.64. The molecule has 0 spiro atoms. The van der Waals surface area contributed by atoms with Gasteiger partial charge in [-0.1, -0.05) is 26.7 Å². The molecule has 2 unspecified atom stereocenters. The predicted molar refractivity (Wildman–Crippen MR) is 56.8 cm³/mol. The molecule has 2 rings (SSSR count). The Morgan fingerprint density at radius 1 is 1.08 bits per heavy atom. The molecule has 0 radical (unpaired) electrons. The van der Waals surface area contributed by atoms with Gasteiger partial charge in [0.25, 0.3) is 0 Å². The van der Waals surface area contributed by atoms with Crippen LogP contribution in [0.4, 0.5) is 0 Å². The van der Waals surface area contributed by atoms with Gasteiger partial charge in [0.2, 0.25) is 0 Å². The van der Waals surface area contributed by atoms with E-state index in [2.05, 4.69) is 25.8 Å². The molecule has 0 aromatic carbocycles. The quantitative estimate of drug-likeness (QED) is 0.633. The highest BCUT2D eigenvalue weighted by atomic mass is 15.2. The van der Waals surface area contributed by atoms with Crippen molar-refractivity contribution in [1.82, 2.24) is 4.90 Å². The van der Waals surface area contributed by atoms with Gasteiger partial charge in [-0.05, 0) is 38.1 Å². The Morgan fingerprint density at radius 3 is 1.92 bits per heavy atom. The van der Waals surface area contributed by atoms with Crippen molar-refractivity contribution in [2.24, 2.45) is 5.41 Å². The molecule has 0 aromatic rings. The van der Waals surface area contributed by atoms with E-state index in [1.54, 1.807) is 0 Å². The largest absolute Gasteiger partial charge is 0.300 e. The van der Waals surface area contributed by atoms with E-state index in [1.165, 1.54) is 38.5 Å². The highest BCUT2D eigenvalue weighted by Gasteiger charge is 2.44. The minimum absolute atomic E-state index is 0.707. The first-order chi connectivity index (χ1) is 6.21. The molecule has 2 aliphatic heterocycles. The molecule has 1 nitrogen and oxygen atoms in total. The molecule has 0 amide bonds. The normalized spacial score (nSPS) is 38.1. The number of fused-ring (bicyclic) bond motifs is 2. The van der Waals surface area contributed by atoms with Crippen molar-refractivity contribution in [2.75, 3.05) is 7.05 Å². The summed E-state index contributed by atoms with van der Waals surface area (Å²) < 4.78 is 0. The van der Waals surface area contributed by atoms with Gasteiger partial charge in [-0.25, -0.2) is 0 Å². The molecular formula is C12H23N. The van der Waals surface area contributed by atoms with Gasteiger partial charge in [-0.3, -0.25) is 0 Å². The van der Waals surface area contributed by atoms with Crippen molar-refractivity contribution in [1.29, 1.82) is 0 Å². The molecule has 2 saturated heterocycles. The zero-order valence-electron chi connectivity index (χ0n) is 9.34. The van der Waals surface area contributed by atoms with Gasteiger partial charge < -0.3 is 4.90 Å². The zero-order valence-corrected chi connectivity index (χ0v) is 9.34. The van der Waals surface area contributed by atoms with Crippen LogP contribution in [0.1, 0.15) is 52.4 Å². The molecule has 0 N–H and O–H groups in total. The van der Waals surface area contributed by atoms with Crippen molar-refractivity contribution in [3.05, 3.63) is 0 Å². The third-order valence-electron chi connectivity index (χ3n) is 4.82. The second kappa shape index (κ2) is 3.27. The highest BCUT2D eigenvalue weighted by molar-refractivity contribution is 4.99. The van der Waals surface area contributed by atoms with Gasteiger partial charge in [-0.2, -0.15) is 0 Å². The molecule has 2 heterocycles. The average Bonchev–Trinajstić information content (AvgIpc) is 2.43. The Balaban J connectivity index is 2.13. The lowest BCUT2D eigenvalue weighted by atomic mass is 9.71. The minimum atomic E-state index is 0.707. The van der Waals surface area contributed by atoms with Crippen LogP contribution in [-0.4, -0.2) is 24.0 Å². The summed E-state index contributed by atoms with van der Waals surface area (Å²) in [5.74, 6) is 0. The van der Waals surface area contributed by atoms with E-state index in [0.29, 0.717) is 5.41 Å². The topological polar surface area (TPSA) is 3.24 Å². The van der Waals surface area contributed by atoms with E-state index in [1.807, 2.05) is 0 Å². The van der Waals surface area contributed by atoms with E-state index in [9.17, 15) is 0 Å². The standard InChI is InChI=1S/C12H23N/c1-4-12(5-2)8-10-6-7-11(9-12)13(10)3/h10-11H,4-9H2,1-3H3. The van der Waals surface area contributed by atoms with Gasteiger partial charge in [0.1, 0.15) is 0 Å². The fourth-order valence-corrected chi connectivity index (χ4v) is 3.49. The smallest absolute Gasteiger partial charge is 0.0101 e. The number of hydrogen-bond donors (Lipinski definition) is 0. The number of rotatable bonds is 2. The monoisotopic (exact) mass is 181 g/mol. The van der Waals surface area contributed by atoms with Gasteiger partial charge in [0.15, 0.2) is 0 Å². The van der Waals surface area contributed by atoms with Crippen molar-refractivity contribution in [3.8, 4) is 0 Å². The molecule has 0 aromatic heterocycles. The van der Waals surface area contributed by atoms with E-state index in [-0.39, 0.29) is 0 Å². The third-order valence-corrected chi connectivity index (χ3v) is 4.82. The minimum Gasteiger partial charge on any atom is -0.300 e. The molecule has 0 saturated carbocycles. The third kappa shape index (κ3) is 1.41. The van der Waals surface area contributed by atoms with E-state index in [4.69, 9.17) is 0 Å². The predicted octanol–water partition coefficient (Wildman–Crippen LogP) is 3.05. The van der Waals surface area contributed by atoms with Gasteiger partial charge in [0, 0.05) is 12.1 Å². The summed E-state index contributed by atoms with van der Waals surface area (Å²) in [6.45, 7) is 4.77. The summed E-state index contributed by atoms with van der Waals surface area (Å²) in [6.07, 6.45) is 8.64. The van der Waals surface area contributed by atoms with Crippen molar-refractivity contribution >= 4 is 0 Å². The van der Waals surface area contributed by atoms with Gasteiger partial charge in [0.05, 0.1) is 0 Å². The highest BCUT2D eigenvalue weighted by Crippen LogP contribution is 2.48. The Hall–Kier alpha value is -0.0400. The average molecular weight is 181 g/mol. The van der Waals surface area contributed by atoms with Crippen LogP contribution in [0, 0.1) is 5.41 Å². The Morgan fingerprint density at radius 2 is 1.54 bits per heavy atom. The van der Waals surface area contributed by atoms with Gasteiger partial charge in [-0.15, -0.1) is 0 Å². The second-order valence-electron chi connectivity index (χ2n) is 5.17. The van der Waals surface area contributed by atoms with Crippen LogP contribution in [0.5, 0.6) is 0 Å². The van der Waals surface area contributed by atoms with Crippen LogP contribution in [0.3, 0.4) is 0 Å². The molecule has 1 heteroatoms. The fourth-order valence-electron chi connectivity index (χ4n) is 3.49. The summed E-state index contributed by atoms with van der Waals surface area (Å²) >= 11 is 0. The lowest BCUT2D eigenvalue weighted by Gasteiger charge is -2.44. The Labute approximate surface area is 82.5 Å². The molecule has 2 aliphatic rings. The first-order valence-corrected chi connectivity index (χ1v) is 5.93. The first kappa shape index (κ1) is 9.51. The van der Waals surface area contributed by atoms with E-state index >= 15 is 0 Å². The van der Waals surface area contributed by atoms with Crippen LogP contribution in [0.15, 0.2) is 0 Å². The summed E-state index contributed by atoms with van der Waals surface area (Å²) in [6, 6.07) is 1.83. The molecule has 76 valence electrons. The van der Waals surface area contributed by atoms with Crippen molar-refractivity contribution in [2.45, 2.75) is 64.5 Å². The van der Waals surface area contributed by atoms with Crippen LogP contribution in [-0.2, 0) is 0 Å². The molecular weight excluding hydrogens is 158 g/mol. The molecule has 0 aliphatic carbocycles. The SMILES string of the molecule is CCC1(CC)CC2CCC(C1)N2C. The molecule has 13 heavy (non-hydrogen) atoms. The van der Waals surface area contributed by atoms with Crippen molar-refractivity contribution in [3.63, 3.8) is 0 Å². The summed E-state index contributed by atoms with van der Waals surface area (Å²) in [7, 11) is 2.33. The molecule has 2 fully saturated rings. The zero-order chi connectivity index (χ0) is 9.47. The lowest BCUT2D eigenvalue weighted by Crippen LogP contribution is -2.45. The van der Waals surface area contributed by atoms with E-state index in [0.717, 1.165) is 12.1 Å². The lowest BCUT2D eigenvalue weighted by molar-refractivity contribution is 0.0537. The van der Waals surface area contributed by atoms with Crippen LogP contribution in [0.25, 0.3) is 0 Å².